The molecule has 6 nitrogen and oxygen atoms in total. The zero-order chi connectivity index (χ0) is 14.3. The van der Waals surface area contributed by atoms with Crippen molar-refractivity contribution in [1.82, 2.24) is 19.5 Å². The van der Waals surface area contributed by atoms with Gasteiger partial charge in [-0.25, -0.2) is 4.98 Å². The summed E-state index contributed by atoms with van der Waals surface area (Å²) in [4.78, 5) is 13.2. The molecule has 3 aromatic rings. The molecule has 1 N–H and O–H groups in total. The number of pyridine rings is 2. The molecule has 1 aliphatic rings. The van der Waals surface area contributed by atoms with E-state index < -0.39 is 5.60 Å². The maximum Gasteiger partial charge on any atom is 0.115 e. The summed E-state index contributed by atoms with van der Waals surface area (Å²) in [6, 6.07) is 3.80. The lowest BCUT2D eigenvalue weighted by molar-refractivity contribution is -0.0722. The summed E-state index contributed by atoms with van der Waals surface area (Å²) in [5.41, 5.74) is 2.65. The first-order chi connectivity index (χ1) is 10.3. The third-order valence-corrected chi connectivity index (χ3v) is 4.09. The van der Waals surface area contributed by atoms with Crippen LogP contribution in [0, 0.1) is 0 Å². The van der Waals surface area contributed by atoms with Crippen LogP contribution in [0.2, 0.25) is 0 Å². The molecule has 0 spiro atoms. The second-order valence-corrected chi connectivity index (χ2v) is 5.57. The van der Waals surface area contributed by atoms with Gasteiger partial charge in [-0.05, 0) is 12.1 Å². The van der Waals surface area contributed by atoms with Gasteiger partial charge in [0.25, 0.3) is 0 Å². The largest absolute Gasteiger partial charge is 0.388 e. The third-order valence-electron chi connectivity index (χ3n) is 4.09. The fourth-order valence-corrected chi connectivity index (χ4v) is 2.91. The molecule has 0 bridgehead atoms. The second kappa shape index (κ2) is 4.75. The van der Waals surface area contributed by atoms with Gasteiger partial charge < -0.3 is 14.4 Å². The van der Waals surface area contributed by atoms with E-state index in [2.05, 4.69) is 15.0 Å². The summed E-state index contributed by atoms with van der Waals surface area (Å²) in [7, 11) is 0. The van der Waals surface area contributed by atoms with E-state index in [9.17, 15) is 5.11 Å². The lowest BCUT2D eigenvalue weighted by atomic mass is 9.94. The van der Waals surface area contributed by atoms with Crippen LogP contribution in [0.3, 0.4) is 0 Å². The van der Waals surface area contributed by atoms with Crippen LogP contribution in [0.25, 0.3) is 22.1 Å². The van der Waals surface area contributed by atoms with Crippen molar-refractivity contribution in [1.29, 1.82) is 0 Å². The van der Waals surface area contributed by atoms with E-state index in [0.717, 1.165) is 22.1 Å². The van der Waals surface area contributed by atoms with Crippen LogP contribution in [-0.2, 0) is 11.3 Å². The monoisotopic (exact) mass is 284 g/mol. The van der Waals surface area contributed by atoms with Crippen molar-refractivity contribution < 1.29 is 9.84 Å². The first-order valence-electron chi connectivity index (χ1n) is 7.10. The maximum absolute atomic E-state index is 10.7. The van der Waals surface area contributed by atoms with Crippen LogP contribution in [-0.4, -0.2) is 43.4 Å². The molecule has 4 heterocycles. The van der Waals surface area contributed by atoms with Gasteiger partial charge in [-0.15, -0.1) is 0 Å². The molecule has 1 aliphatic heterocycles. The predicted molar refractivity (Wildman–Crippen MR) is 77.8 cm³/mol. The number of aromatic nitrogens is 4. The molecule has 0 atom stereocenters. The topological polar surface area (TPSA) is 73.1 Å². The van der Waals surface area contributed by atoms with Crippen LogP contribution in [0.5, 0.6) is 0 Å². The van der Waals surface area contributed by atoms with Crippen molar-refractivity contribution in [2.45, 2.75) is 25.0 Å². The van der Waals surface area contributed by atoms with E-state index in [1.54, 1.807) is 18.7 Å². The molecule has 0 saturated carbocycles. The summed E-state index contributed by atoms with van der Waals surface area (Å²) < 4.78 is 7.32. The van der Waals surface area contributed by atoms with E-state index in [0.29, 0.717) is 32.6 Å². The minimum Gasteiger partial charge on any atom is -0.388 e. The van der Waals surface area contributed by atoms with Gasteiger partial charge in [-0.3, -0.25) is 9.97 Å². The Bertz CT molecular complexity index is 793. The smallest absolute Gasteiger partial charge is 0.115 e. The summed E-state index contributed by atoms with van der Waals surface area (Å²) in [5, 5.41) is 10.7. The van der Waals surface area contributed by atoms with Crippen molar-refractivity contribution in [2.75, 3.05) is 13.2 Å². The van der Waals surface area contributed by atoms with Crippen LogP contribution >= 0.6 is 0 Å². The molecule has 21 heavy (non-hydrogen) atoms. The molecule has 4 rings (SSSR count). The minimum absolute atomic E-state index is 0.503. The zero-order valence-corrected chi connectivity index (χ0v) is 11.6. The Morgan fingerprint density at radius 1 is 1.19 bits per heavy atom. The number of hydrogen-bond acceptors (Lipinski definition) is 5. The van der Waals surface area contributed by atoms with Gasteiger partial charge >= 0.3 is 0 Å². The summed E-state index contributed by atoms with van der Waals surface area (Å²) in [6.07, 6.45) is 6.55. The van der Waals surface area contributed by atoms with Crippen molar-refractivity contribution in [2.24, 2.45) is 0 Å². The molecule has 1 saturated heterocycles. The van der Waals surface area contributed by atoms with Crippen molar-refractivity contribution >= 4 is 22.1 Å². The van der Waals surface area contributed by atoms with Gasteiger partial charge in [0, 0.05) is 32.3 Å². The molecule has 0 aliphatic carbocycles. The minimum atomic E-state index is -0.740. The van der Waals surface area contributed by atoms with E-state index in [1.807, 2.05) is 16.7 Å². The number of ether oxygens (including phenoxy) is 1. The molecule has 3 aromatic heterocycles. The number of aliphatic hydroxyl groups is 1. The van der Waals surface area contributed by atoms with Gasteiger partial charge in [0.05, 0.1) is 35.7 Å². The van der Waals surface area contributed by atoms with Crippen molar-refractivity contribution in [3.8, 4) is 0 Å². The Labute approximate surface area is 121 Å². The molecule has 0 radical (unpaired) electrons. The highest BCUT2D eigenvalue weighted by molar-refractivity contribution is 5.99. The number of nitrogens with zero attached hydrogens (tertiary/aromatic N) is 4. The molecular formula is C15H16N4O2. The summed E-state index contributed by atoms with van der Waals surface area (Å²) in [5.74, 6) is 0. The molecule has 108 valence electrons. The predicted octanol–water partition coefficient (Wildman–Crippen LogP) is 1.52. The van der Waals surface area contributed by atoms with E-state index in [-0.39, 0.29) is 0 Å². The average Bonchev–Trinajstić information content (AvgIpc) is 2.91. The van der Waals surface area contributed by atoms with E-state index in [4.69, 9.17) is 4.74 Å². The molecular weight excluding hydrogens is 268 g/mol. The second-order valence-electron chi connectivity index (χ2n) is 5.57. The van der Waals surface area contributed by atoms with Crippen LogP contribution in [0.15, 0.2) is 30.9 Å². The average molecular weight is 284 g/mol. The molecule has 0 aromatic carbocycles. The fourth-order valence-electron chi connectivity index (χ4n) is 2.91. The zero-order valence-electron chi connectivity index (χ0n) is 11.6. The van der Waals surface area contributed by atoms with Crippen LogP contribution in [0.1, 0.15) is 12.8 Å². The Morgan fingerprint density at radius 3 is 2.90 bits per heavy atom. The first kappa shape index (κ1) is 12.7. The fraction of sp³-hybridized carbons (Fsp3) is 0.400. The third kappa shape index (κ3) is 2.16. The Balaban J connectivity index is 1.83. The maximum atomic E-state index is 10.7. The van der Waals surface area contributed by atoms with Gasteiger partial charge in [0.1, 0.15) is 11.0 Å². The SMILES string of the molecule is OC1(Cn2cnc3cnc4cccnc4c32)CCOCC1. The number of hydrogen-bond donors (Lipinski definition) is 1. The van der Waals surface area contributed by atoms with Crippen LogP contribution < -0.4 is 0 Å². The Kier molecular flexibility index (Phi) is 2.87. The van der Waals surface area contributed by atoms with Gasteiger partial charge in [-0.1, -0.05) is 0 Å². The number of rotatable bonds is 2. The lowest BCUT2D eigenvalue weighted by Crippen LogP contribution is -2.40. The summed E-state index contributed by atoms with van der Waals surface area (Å²) >= 11 is 0. The number of imidazole rings is 1. The highest BCUT2D eigenvalue weighted by atomic mass is 16.5. The molecule has 6 heteroatoms. The normalized spacial score (nSPS) is 18.3. The molecule has 0 amide bonds. The van der Waals surface area contributed by atoms with Gasteiger partial charge in [0.2, 0.25) is 0 Å². The van der Waals surface area contributed by atoms with E-state index in [1.165, 1.54) is 0 Å². The standard InChI is InChI=1S/C15H16N4O2/c20-15(3-6-21-7-4-15)9-19-10-18-12-8-17-11-2-1-5-16-13(11)14(12)19/h1-2,5,8,10,20H,3-4,6-7,9H2. The van der Waals surface area contributed by atoms with Crippen molar-refractivity contribution in [3.63, 3.8) is 0 Å². The van der Waals surface area contributed by atoms with E-state index >= 15 is 0 Å². The first-order valence-corrected chi connectivity index (χ1v) is 7.10. The quantitative estimate of drug-likeness (QED) is 0.772. The van der Waals surface area contributed by atoms with Crippen LogP contribution in [0.4, 0.5) is 0 Å². The molecule has 1 fully saturated rings. The van der Waals surface area contributed by atoms with Gasteiger partial charge in [-0.2, -0.15) is 0 Å². The Hall–Kier alpha value is -2.05. The highest BCUT2D eigenvalue weighted by Crippen LogP contribution is 2.26. The van der Waals surface area contributed by atoms with Crippen molar-refractivity contribution in [3.05, 3.63) is 30.9 Å². The lowest BCUT2D eigenvalue weighted by Gasteiger charge is -2.32. The molecule has 0 unspecified atom stereocenters. The Morgan fingerprint density at radius 2 is 2.05 bits per heavy atom. The number of fused-ring (bicyclic) bond motifs is 3. The highest BCUT2D eigenvalue weighted by Gasteiger charge is 2.31. The van der Waals surface area contributed by atoms with Gasteiger partial charge in [0.15, 0.2) is 0 Å². The summed E-state index contributed by atoms with van der Waals surface area (Å²) in [6.45, 7) is 1.70.